The van der Waals surface area contributed by atoms with Crippen molar-refractivity contribution in [1.29, 1.82) is 0 Å². The Hall–Kier alpha value is -0.273. The molecule has 0 aromatic carbocycles. The van der Waals surface area contributed by atoms with Gasteiger partial charge >= 0.3 is 8.80 Å². The molecule has 5 nitrogen and oxygen atoms in total. The summed E-state index contributed by atoms with van der Waals surface area (Å²) in [4.78, 5) is 4.55. The molecule has 2 N–H and O–H groups in total. The number of nitrogens with zero attached hydrogens (tertiary/aromatic N) is 1. The van der Waals surface area contributed by atoms with Crippen molar-refractivity contribution >= 4 is 14.5 Å². The Kier molecular flexibility index (Phi) is 11.2. The van der Waals surface area contributed by atoms with Crippen LogP contribution in [0.1, 0.15) is 54.4 Å². The van der Waals surface area contributed by atoms with E-state index in [0.29, 0.717) is 31.8 Å². The third kappa shape index (κ3) is 9.37. The average Bonchev–Trinajstić information content (AvgIpc) is 2.36. The third-order valence-corrected chi connectivity index (χ3v) is 6.02. The van der Waals surface area contributed by atoms with Gasteiger partial charge < -0.3 is 19.0 Å². The van der Waals surface area contributed by atoms with E-state index < -0.39 is 8.80 Å². The van der Waals surface area contributed by atoms with E-state index in [2.05, 4.69) is 18.8 Å². The number of aliphatic imine (C=N–C) groups is 1. The Morgan fingerprint density at radius 3 is 1.90 bits per heavy atom. The molecule has 1 unspecified atom stereocenters. The predicted octanol–water partition coefficient (Wildman–Crippen LogP) is 3.22. The molecule has 0 rings (SSSR count). The molecule has 0 aromatic rings. The Morgan fingerprint density at radius 2 is 1.52 bits per heavy atom. The first-order valence-corrected chi connectivity index (χ1v) is 10.0. The van der Waals surface area contributed by atoms with Gasteiger partial charge in [0.2, 0.25) is 0 Å². The second-order valence-corrected chi connectivity index (χ2v) is 8.28. The maximum absolute atomic E-state index is 6.11. The smallest absolute Gasteiger partial charge is 0.374 e. The number of nitrogens with two attached hydrogens (primary N) is 1. The lowest BCUT2D eigenvalue weighted by Crippen LogP contribution is -2.46. The zero-order chi connectivity index (χ0) is 16.3. The molecule has 1 atom stereocenters. The fourth-order valence-electron chi connectivity index (χ4n) is 2.32. The average molecular weight is 319 g/mol. The molecule has 0 amide bonds. The van der Waals surface area contributed by atoms with Crippen molar-refractivity contribution in [2.24, 2.45) is 16.6 Å². The highest BCUT2D eigenvalue weighted by atomic mass is 28.4. The molecular weight excluding hydrogens is 284 g/mol. The number of hydrogen-bond acceptors (Lipinski definition) is 5. The zero-order valence-electron chi connectivity index (χ0n) is 14.6. The lowest BCUT2D eigenvalue weighted by Gasteiger charge is -2.29. The SMILES string of the molecule is CCO[Si](CCC(N)N=C(C)CC(C)C)(OCC)OCC. The largest absolute Gasteiger partial charge is 0.501 e. The Bertz CT molecular complexity index is 282. The van der Waals surface area contributed by atoms with Gasteiger partial charge in [-0.1, -0.05) is 13.8 Å². The molecule has 0 aliphatic heterocycles. The Balaban J connectivity index is 4.57. The first kappa shape index (κ1) is 20.7. The number of rotatable bonds is 12. The van der Waals surface area contributed by atoms with Crippen LogP contribution in [0.25, 0.3) is 0 Å². The molecule has 0 fully saturated rings. The molecule has 126 valence electrons. The maximum Gasteiger partial charge on any atom is 0.501 e. The van der Waals surface area contributed by atoms with Gasteiger partial charge in [-0.3, -0.25) is 4.99 Å². The zero-order valence-corrected chi connectivity index (χ0v) is 15.6. The van der Waals surface area contributed by atoms with Gasteiger partial charge in [-0.05, 0) is 46.5 Å². The van der Waals surface area contributed by atoms with Crippen LogP contribution in [-0.2, 0) is 13.3 Å². The Morgan fingerprint density at radius 1 is 1.05 bits per heavy atom. The first-order valence-electron chi connectivity index (χ1n) is 8.09. The highest BCUT2D eigenvalue weighted by molar-refractivity contribution is 6.60. The standard InChI is InChI=1S/C15H34N2O3Si/c1-7-18-21(19-8-2,20-9-3)11-10-15(16)17-14(6)12-13(4)5/h13,15H,7-12,16H2,1-6H3. The summed E-state index contributed by atoms with van der Waals surface area (Å²) in [6.45, 7) is 14.1. The van der Waals surface area contributed by atoms with E-state index in [1.807, 2.05) is 27.7 Å². The van der Waals surface area contributed by atoms with Crippen molar-refractivity contribution < 1.29 is 13.3 Å². The molecule has 0 saturated carbocycles. The van der Waals surface area contributed by atoms with E-state index in [4.69, 9.17) is 19.0 Å². The van der Waals surface area contributed by atoms with Crippen LogP contribution in [0.3, 0.4) is 0 Å². The van der Waals surface area contributed by atoms with E-state index in [0.717, 1.165) is 18.6 Å². The van der Waals surface area contributed by atoms with Gasteiger partial charge in [0.15, 0.2) is 0 Å². The van der Waals surface area contributed by atoms with Crippen LogP contribution >= 0.6 is 0 Å². The summed E-state index contributed by atoms with van der Waals surface area (Å²) in [6.07, 6.45) is 1.50. The van der Waals surface area contributed by atoms with Crippen LogP contribution in [0.4, 0.5) is 0 Å². The van der Waals surface area contributed by atoms with E-state index in [1.54, 1.807) is 0 Å². The first-order chi connectivity index (χ1) is 9.89. The van der Waals surface area contributed by atoms with Crippen molar-refractivity contribution in [2.75, 3.05) is 19.8 Å². The molecule has 0 aliphatic rings. The second-order valence-electron chi connectivity index (χ2n) is 5.55. The normalized spacial score (nSPS) is 14.8. The minimum absolute atomic E-state index is 0.211. The monoisotopic (exact) mass is 318 g/mol. The molecule has 21 heavy (non-hydrogen) atoms. The van der Waals surface area contributed by atoms with Crippen molar-refractivity contribution in [3.8, 4) is 0 Å². The molecular formula is C15H34N2O3Si. The molecule has 0 radical (unpaired) electrons. The van der Waals surface area contributed by atoms with Crippen LogP contribution < -0.4 is 5.73 Å². The summed E-state index contributed by atoms with van der Waals surface area (Å²) in [6, 6.07) is 0.710. The maximum atomic E-state index is 6.11. The molecule has 0 aliphatic carbocycles. The Labute approximate surface area is 131 Å². The van der Waals surface area contributed by atoms with Crippen molar-refractivity contribution in [3.63, 3.8) is 0 Å². The summed E-state index contributed by atoms with van der Waals surface area (Å²) in [5.41, 5.74) is 7.22. The molecule has 0 saturated heterocycles. The van der Waals surface area contributed by atoms with Crippen molar-refractivity contribution in [2.45, 2.75) is 66.6 Å². The fraction of sp³-hybridized carbons (Fsp3) is 0.933. The van der Waals surface area contributed by atoms with Gasteiger partial charge in [-0.2, -0.15) is 0 Å². The minimum atomic E-state index is -2.59. The van der Waals surface area contributed by atoms with Gasteiger partial charge in [-0.15, -0.1) is 0 Å². The van der Waals surface area contributed by atoms with Gasteiger partial charge in [0.05, 0.1) is 6.17 Å². The van der Waals surface area contributed by atoms with Crippen molar-refractivity contribution in [3.05, 3.63) is 0 Å². The van der Waals surface area contributed by atoms with Crippen LogP contribution in [0.5, 0.6) is 0 Å². The highest BCUT2D eigenvalue weighted by Crippen LogP contribution is 2.19. The molecule has 0 spiro atoms. The van der Waals surface area contributed by atoms with E-state index in [-0.39, 0.29) is 6.17 Å². The second kappa shape index (κ2) is 11.3. The van der Waals surface area contributed by atoms with Gasteiger partial charge in [-0.25, -0.2) is 0 Å². The van der Waals surface area contributed by atoms with Gasteiger partial charge in [0, 0.05) is 31.6 Å². The summed E-state index contributed by atoms with van der Waals surface area (Å²) in [5.74, 6) is 0.602. The fourth-order valence-corrected chi connectivity index (χ4v) is 4.97. The third-order valence-electron chi connectivity index (χ3n) is 2.93. The quantitative estimate of drug-likeness (QED) is 0.443. The van der Waals surface area contributed by atoms with Crippen LogP contribution in [0.2, 0.25) is 6.04 Å². The minimum Gasteiger partial charge on any atom is -0.374 e. The molecule has 0 heterocycles. The van der Waals surface area contributed by atoms with Crippen LogP contribution in [0.15, 0.2) is 4.99 Å². The molecule has 0 aromatic heterocycles. The molecule has 6 heteroatoms. The van der Waals surface area contributed by atoms with Crippen LogP contribution in [-0.4, -0.2) is 40.5 Å². The van der Waals surface area contributed by atoms with Gasteiger partial charge in [0.1, 0.15) is 0 Å². The van der Waals surface area contributed by atoms with Crippen LogP contribution in [0, 0.1) is 5.92 Å². The number of hydrogen-bond donors (Lipinski definition) is 1. The summed E-state index contributed by atoms with van der Waals surface area (Å²) in [7, 11) is -2.59. The van der Waals surface area contributed by atoms with E-state index in [9.17, 15) is 0 Å². The molecule has 0 bridgehead atoms. The predicted molar refractivity (Wildman–Crippen MR) is 90.6 cm³/mol. The summed E-state index contributed by atoms with van der Waals surface area (Å²) >= 11 is 0. The highest BCUT2D eigenvalue weighted by Gasteiger charge is 2.40. The lowest BCUT2D eigenvalue weighted by molar-refractivity contribution is 0.0703. The topological polar surface area (TPSA) is 66.1 Å². The summed E-state index contributed by atoms with van der Waals surface area (Å²) < 4.78 is 17.5. The van der Waals surface area contributed by atoms with E-state index >= 15 is 0 Å². The lowest BCUT2D eigenvalue weighted by atomic mass is 10.1. The van der Waals surface area contributed by atoms with Crippen molar-refractivity contribution in [1.82, 2.24) is 0 Å². The summed E-state index contributed by atoms with van der Waals surface area (Å²) in [5, 5.41) is 0. The van der Waals surface area contributed by atoms with E-state index in [1.165, 1.54) is 0 Å². The van der Waals surface area contributed by atoms with Gasteiger partial charge in [0.25, 0.3) is 0 Å².